The molecule has 1 N–H and O–H groups in total. The van der Waals surface area contributed by atoms with Gasteiger partial charge in [-0.15, -0.1) is 0 Å². The van der Waals surface area contributed by atoms with E-state index in [1.165, 1.54) is 16.3 Å². The predicted molar refractivity (Wildman–Crippen MR) is 142 cm³/mol. The third-order valence-corrected chi connectivity index (χ3v) is 7.89. The second kappa shape index (κ2) is 12.6. The topological polar surface area (TPSA) is 86.8 Å². The van der Waals surface area contributed by atoms with Gasteiger partial charge in [-0.1, -0.05) is 48.3 Å². The summed E-state index contributed by atoms with van der Waals surface area (Å²) in [6.07, 6.45) is 1.95. The molecule has 2 amide bonds. The first-order chi connectivity index (χ1) is 16.4. The molecule has 1 atom stereocenters. The molecule has 10 heteroatoms. The molecular formula is C25H33Cl2N3O4S. The number of amides is 2. The standard InChI is InChI=1S/C25H33Cl2N3O4S/c1-6-22(25(32)28-4)29(16-19-12-13-20(26)21(27)15-19)24(31)11-8-14-30(35(5,33)34)23-10-7-9-17(2)18(23)3/h7,9-10,12-13,15,22H,6,8,11,14,16H2,1-5H3,(H,28,32)/t22-/m1/s1. The van der Waals surface area contributed by atoms with E-state index < -0.39 is 16.1 Å². The van der Waals surface area contributed by atoms with Gasteiger partial charge in [-0.25, -0.2) is 8.42 Å². The molecule has 2 aromatic carbocycles. The van der Waals surface area contributed by atoms with Gasteiger partial charge >= 0.3 is 0 Å². The number of carbonyl (C=O) groups is 2. The van der Waals surface area contributed by atoms with Crippen LogP contribution < -0.4 is 9.62 Å². The van der Waals surface area contributed by atoms with Crippen LogP contribution in [0.2, 0.25) is 10.0 Å². The van der Waals surface area contributed by atoms with Crippen molar-refractivity contribution in [1.29, 1.82) is 0 Å². The second-order valence-electron chi connectivity index (χ2n) is 8.47. The average Bonchev–Trinajstić information content (AvgIpc) is 2.80. The number of nitrogens with zero attached hydrogens (tertiary/aromatic N) is 2. The number of sulfonamides is 1. The first-order valence-corrected chi connectivity index (χ1v) is 14.0. The monoisotopic (exact) mass is 541 g/mol. The summed E-state index contributed by atoms with van der Waals surface area (Å²) in [7, 11) is -2.03. The third-order valence-electron chi connectivity index (χ3n) is 5.97. The summed E-state index contributed by atoms with van der Waals surface area (Å²) in [6, 6.07) is 9.91. The van der Waals surface area contributed by atoms with E-state index in [4.69, 9.17) is 23.2 Å². The zero-order chi connectivity index (χ0) is 26.3. The fourth-order valence-corrected chi connectivity index (χ4v) is 5.25. The van der Waals surface area contributed by atoms with Gasteiger partial charge in [0.15, 0.2) is 0 Å². The molecule has 0 heterocycles. The summed E-state index contributed by atoms with van der Waals surface area (Å²) in [5, 5.41) is 3.38. The maximum Gasteiger partial charge on any atom is 0.242 e. The lowest BCUT2D eigenvalue weighted by Gasteiger charge is -2.31. The fourth-order valence-electron chi connectivity index (χ4n) is 3.91. The van der Waals surface area contributed by atoms with Gasteiger partial charge in [0.2, 0.25) is 21.8 Å². The highest BCUT2D eigenvalue weighted by molar-refractivity contribution is 7.92. The Balaban J connectivity index is 2.25. The number of aryl methyl sites for hydroxylation is 1. The highest BCUT2D eigenvalue weighted by atomic mass is 35.5. The Hall–Kier alpha value is -2.29. The lowest BCUT2D eigenvalue weighted by molar-refractivity contribution is -0.141. The minimum Gasteiger partial charge on any atom is -0.357 e. The van der Waals surface area contributed by atoms with E-state index in [2.05, 4.69) is 5.32 Å². The summed E-state index contributed by atoms with van der Waals surface area (Å²) < 4.78 is 26.4. The number of hydrogen-bond donors (Lipinski definition) is 1. The Kier molecular flexibility index (Phi) is 10.4. The largest absolute Gasteiger partial charge is 0.357 e. The summed E-state index contributed by atoms with van der Waals surface area (Å²) in [6.45, 7) is 5.96. The molecule has 192 valence electrons. The number of carbonyl (C=O) groups excluding carboxylic acids is 2. The predicted octanol–water partition coefficient (Wildman–Crippen LogP) is 4.71. The van der Waals surface area contributed by atoms with Crippen molar-refractivity contribution < 1.29 is 18.0 Å². The van der Waals surface area contributed by atoms with Crippen LogP contribution in [-0.4, -0.2) is 51.0 Å². The first kappa shape index (κ1) is 28.9. The van der Waals surface area contributed by atoms with Gasteiger partial charge in [-0.2, -0.15) is 0 Å². The van der Waals surface area contributed by atoms with Gasteiger partial charge in [-0.05, 0) is 61.6 Å². The van der Waals surface area contributed by atoms with E-state index >= 15 is 0 Å². The Morgan fingerprint density at radius 2 is 1.77 bits per heavy atom. The Morgan fingerprint density at radius 1 is 1.09 bits per heavy atom. The van der Waals surface area contributed by atoms with E-state index in [1.54, 1.807) is 24.3 Å². The van der Waals surface area contributed by atoms with Gasteiger partial charge < -0.3 is 10.2 Å². The number of benzene rings is 2. The fraction of sp³-hybridized carbons (Fsp3) is 0.440. The van der Waals surface area contributed by atoms with Crippen LogP contribution in [0, 0.1) is 13.8 Å². The normalized spacial score (nSPS) is 12.2. The lowest BCUT2D eigenvalue weighted by Crippen LogP contribution is -2.48. The second-order valence-corrected chi connectivity index (χ2v) is 11.2. The third kappa shape index (κ3) is 7.59. The summed E-state index contributed by atoms with van der Waals surface area (Å²) in [5.41, 5.74) is 3.19. The number of nitrogens with one attached hydrogen (secondary N) is 1. The van der Waals surface area contributed by atoms with Crippen molar-refractivity contribution >= 4 is 50.7 Å². The van der Waals surface area contributed by atoms with Crippen molar-refractivity contribution in [3.05, 3.63) is 63.1 Å². The van der Waals surface area contributed by atoms with Gasteiger partial charge in [0.1, 0.15) is 6.04 Å². The van der Waals surface area contributed by atoms with E-state index in [0.29, 0.717) is 28.6 Å². The van der Waals surface area contributed by atoms with Crippen LogP contribution in [0.3, 0.4) is 0 Å². The SMILES string of the molecule is CC[C@H](C(=O)NC)N(Cc1ccc(Cl)c(Cl)c1)C(=O)CCCN(c1cccc(C)c1C)S(C)(=O)=O. The molecule has 0 aliphatic carbocycles. The highest BCUT2D eigenvalue weighted by Crippen LogP contribution is 2.26. The summed E-state index contributed by atoms with van der Waals surface area (Å²) in [5.74, 6) is -0.519. The maximum absolute atomic E-state index is 13.3. The molecule has 0 aromatic heterocycles. The molecule has 0 saturated heterocycles. The van der Waals surface area contributed by atoms with Crippen LogP contribution in [0.5, 0.6) is 0 Å². The van der Waals surface area contributed by atoms with Crippen LogP contribution >= 0.6 is 23.2 Å². The molecule has 0 saturated carbocycles. The molecule has 35 heavy (non-hydrogen) atoms. The van der Waals surface area contributed by atoms with Crippen LogP contribution in [0.25, 0.3) is 0 Å². The zero-order valence-electron chi connectivity index (χ0n) is 20.8. The summed E-state index contributed by atoms with van der Waals surface area (Å²) in [4.78, 5) is 27.4. The quantitative estimate of drug-likeness (QED) is 0.446. The molecule has 0 aliphatic rings. The van der Waals surface area contributed by atoms with Crippen molar-refractivity contribution in [2.75, 3.05) is 24.2 Å². The molecule has 0 radical (unpaired) electrons. The van der Waals surface area contributed by atoms with Crippen molar-refractivity contribution in [3.8, 4) is 0 Å². The maximum atomic E-state index is 13.3. The average molecular weight is 543 g/mol. The molecule has 2 rings (SSSR count). The molecule has 2 aromatic rings. The van der Waals surface area contributed by atoms with E-state index in [1.807, 2.05) is 32.9 Å². The Morgan fingerprint density at radius 3 is 2.34 bits per heavy atom. The van der Waals surface area contributed by atoms with Crippen LogP contribution in [0.15, 0.2) is 36.4 Å². The van der Waals surface area contributed by atoms with Gasteiger partial charge in [-0.3, -0.25) is 13.9 Å². The lowest BCUT2D eigenvalue weighted by atomic mass is 10.1. The van der Waals surface area contributed by atoms with Crippen LogP contribution in [0.4, 0.5) is 5.69 Å². The minimum absolute atomic E-state index is 0.0751. The molecule has 0 aliphatic heterocycles. The number of anilines is 1. The molecule has 0 spiro atoms. The minimum atomic E-state index is -3.55. The van der Waals surface area contributed by atoms with Crippen LogP contribution in [0.1, 0.15) is 42.9 Å². The molecule has 7 nitrogen and oxygen atoms in total. The van der Waals surface area contributed by atoms with Crippen molar-refractivity contribution in [2.45, 2.75) is 52.6 Å². The first-order valence-electron chi connectivity index (χ1n) is 11.4. The molecular weight excluding hydrogens is 509 g/mol. The number of likely N-dealkylation sites (N-methyl/N-ethyl adjacent to an activating group) is 1. The zero-order valence-corrected chi connectivity index (χ0v) is 23.1. The number of rotatable bonds is 11. The molecule has 0 unspecified atom stereocenters. The Bertz CT molecular complexity index is 1170. The van der Waals surface area contributed by atoms with Crippen molar-refractivity contribution in [2.24, 2.45) is 0 Å². The smallest absolute Gasteiger partial charge is 0.242 e. The molecule has 0 fully saturated rings. The highest BCUT2D eigenvalue weighted by Gasteiger charge is 2.28. The van der Waals surface area contributed by atoms with Crippen molar-refractivity contribution in [1.82, 2.24) is 10.2 Å². The van der Waals surface area contributed by atoms with Gasteiger partial charge in [0, 0.05) is 26.6 Å². The summed E-state index contributed by atoms with van der Waals surface area (Å²) >= 11 is 12.2. The van der Waals surface area contributed by atoms with E-state index in [0.717, 1.165) is 22.9 Å². The van der Waals surface area contributed by atoms with E-state index in [-0.39, 0.29) is 31.3 Å². The van der Waals surface area contributed by atoms with Crippen LogP contribution in [-0.2, 0) is 26.2 Å². The Labute approximate surface area is 218 Å². The van der Waals surface area contributed by atoms with Gasteiger partial charge in [0.05, 0.1) is 22.0 Å². The molecule has 0 bridgehead atoms. The van der Waals surface area contributed by atoms with E-state index in [9.17, 15) is 18.0 Å². The van der Waals surface area contributed by atoms with Crippen molar-refractivity contribution in [3.63, 3.8) is 0 Å². The number of halogens is 2. The number of hydrogen-bond acceptors (Lipinski definition) is 4. The van der Waals surface area contributed by atoms with Gasteiger partial charge in [0.25, 0.3) is 0 Å².